The summed E-state index contributed by atoms with van der Waals surface area (Å²) in [6, 6.07) is 0.440. The molecule has 0 radical (unpaired) electrons. The number of aliphatic carboxylic acids is 1. The summed E-state index contributed by atoms with van der Waals surface area (Å²) in [7, 11) is -10.1. The van der Waals surface area contributed by atoms with Gasteiger partial charge in [0.25, 0.3) is 7.82 Å². The van der Waals surface area contributed by atoms with Crippen LogP contribution < -0.4 is 66.9 Å². The van der Waals surface area contributed by atoms with Gasteiger partial charge in [-0.2, -0.15) is 11.8 Å². The summed E-state index contributed by atoms with van der Waals surface area (Å²) in [6.45, 7) is 0. The summed E-state index contributed by atoms with van der Waals surface area (Å²) in [5.74, 6) is 0.236. The average molecular weight is 501 g/mol. The predicted molar refractivity (Wildman–Crippen MR) is 89.9 cm³/mol. The fraction of sp³-hybridized carbons (Fsp3) is 0.800. The van der Waals surface area contributed by atoms with Gasteiger partial charge in [-0.05, 0) is 12.8 Å². The van der Waals surface area contributed by atoms with E-state index in [1.54, 1.807) is 0 Å². The molecule has 2 aliphatic heterocycles. The molecule has 0 bridgehead atoms. The normalized spacial score (nSPS) is 22.5. The first-order chi connectivity index (χ1) is 11.7. The molecule has 0 unspecified atom stereocenters. The summed E-state index contributed by atoms with van der Waals surface area (Å²) in [5.41, 5.74) is 0. The van der Waals surface area contributed by atoms with E-state index >= 15 is 0 Å². The van der Waals surface area contributed by atoms with E-state index < -0.39 is 24.2 Å². The molecule has 0 aromatic carbocycles. The third kappa shape index (κ3) is 22.2. The van der Waals surface area contributed by atoms with Crippen LogP contribution in [0.15, 0.2) is 0 Å². The molecule has 5 N–H and O–H groups in total. The molecule has 2 rings (SSSR count). The maximum absolute atomic E-state index is 11.1. The Hall–Kier alpha value is 1.47. The van der Waals surface area contributed by atoms with Crippen LogP contribution in [0.1, 0.15) is 25.7 Å². The maximum Gasteiger partial charge on any atom is 2.00 e. The van der Waals surface area contributed by atoms with Gasteiger partial charge in [0.1, 0.15) is 0 Å². The van der Waals surface area contributed by atoms with Gasteiger partial charge >= 0.3 is 86.4 Å². The van der Waals surface area contributed by atoms with Crippen LogP contribution in [0.25, 0.3) is 0 Å². The Kier molecular flexibility index (Phi) is 19.7. The summed E-state index contributed by atoms with van der Waals surface area (Å²) >= 11 is 1.87. The van der Waals surface area contributed by atoms with Crippen molar-refractivity contribution in [2.75, 3.05) is 5.75 Å². The Morgan fingerprint density at radius 1 is 1.25 bits per heavy atom. The quantitative estimate of drug-likeness (QED) is 0.0593. The van der Waals surface area contributed by atoms with Crippen molar-refractivity contribution in [2.45, 2.75) is 43.0 Å². The Labute approximate surface area is 224 Å². The van der Waals surface area contributed by atoms with Gasteiger partial charge in [0.15, 0.2) is 0 Å². The predicted octanol–water partition coefficient (Wildman–Crippen LogP) is -5.48. The van der Waals surface area contributed by atoms with Crippen LogP contribution in [-0.4, -0.2) is 90.6 Å². The number of carbonyl (C=O) groups excluding carboxylic acids is 1. The van der Waals surface area contributed by atoms with Crippen LogP contribution in [0.4, 0.5) is 4.79 Å². The third-order valence-electron chi connectivity index (χ3n) is 3.07. The average Bonchev–Trinajstić information content (AvgIpc) is 2.90. The van der Waals surface area contributed by atoms with Gasteiger partial charge in [-0.15, -0.1) is 0 Å². The van der Waals surface area contributed by atoms with E-state index in [2.05, 4.69) is 10.6 Å². The second-order valence-corrected chi connectivity index (χ2v) is 8.23. The van der Waals surface area contributed by atoms with Crippen LogP contribution in [0, 0.1) is 0 Å². The van der Waals surface area contributed by atoms with Gasteiger partial charge in [0.2, 0.25) is 0 Å². The zero-order valence-corrected chi connectivity index (χ0v) is 21.9. The van der Waals surface area contributed by atoms with Crippen LogP contribution in [-0.2, 0) is 19.8 Å². The van der Waals surface area contributed by atoms with Gasteiger partial charge in [-0.3, -0.25) is 17.8 Å². The van der Waals surface area contributed by atoms with Crippen LogP contribution in [0.2, 0.25) is 0 Å². The minimum absolute atomic E-state index is 0. The van der Waals surface area contributed by atoms with Crippen LogP contribution >= 0.6 is 19.6 Å². The van der Waals surface area contributed by atoms with E-state index in [9.17, 15) is 9.59 Å². The number of unbranched alkanes of at least 4 members (excludes halogenated alkanes) is 1. The molecule has 18 heteroatoms. The molecule has 0 saturated carbocycles. The fourth-order valence-corrected chi connectivity index (χ4v) is 3.81. The monoisotopic (exact) mass is 500 g/mol. The smallest absolute Gasteiger partial charge is 0.759 e. The van der Waals surface area contributed by atoms with Crippen molar-refractivity contribution in [1.82, 2.24) is 10.6 Å². The number of hydrogen-bond donors (Lipinski definition) is 5. The molecule has 2 saturated heterocycles. The van der Waals surface area contributed by atoms with Crippen molar-refractivity contribution in [1.29, 1.82) is 0 Å². The van der Waals surface area contributed by atoms with Gasteiger partial charge in [-0.1, -0.05) is 6.42 Å². The second kappa shape index (κ2) is 16.2. The van der Waals surface area contributed by atoms with E-state index in [1.807, 2.05) is 11.8 Å². The number of carboxylic acids is 1. The van der Waals surface area contributed by atoms with E-state index in [0.29, 0.717) is 5.25 Å². The number of fused-ring (bicyclic) bond motifs is 1. The molecule has 28 heavy (non-hydrogen) atoms. The number of hydrogen-bond acceptors (Lipinski definition) is 9. The first-order valence-corrected chi connectivity index (χ1v) is 10.9. The molecule has 2 heterocycles. The fourth-order valence-electron chi connectivity index (χ4n) is 2.26. The molecule has 13 nitrogen and oxygen atoms in total. The Morgan fingerprint density at radius 3 is 2.14 bits per heavy atom. The van der Waals surface area contributed by atoms with Crippen molar-refractivity contribution >= 4 is 65.0 Å². The summed E-state index contributed by atoms with van der Waals surface area (Å²) in [6.07, 6.45) is 2.88. The number of phosphoric acid groups is 1. The molecule has 2 aliphatic rings. The van der Waals surface area contributed by atoms with E-state index in [-0.39, 0.29) is 99.0 Å². The molecule has 0 aromatic heterocycles. The maximum atomic E-state index is 11.1. The second-order valence-electron chi connectivity index (χ2n) is 5.16. The number of amides is 2. The zero-order valence-electron chi connectivity index (χ0n) is 14.8. The first-order valence-electron chi connectivity index (χ1n) is 7.00. The number of nitrogens with one attached hydrogen (secondary N) is 2. The molecule has 0 spiro atoms. The number of carbonyl (C=O) groups is 2. The van der Waals surface area contributed by atoms with E-state index in [1.165, 1.54) is 0 Å². The topological polar surface area (TPSA) is 239 Å². The molecule has 154 valence electrons. The van der Waals surface area contributed by atoms with Crippen molar-refractivity contribution in [2.24, 2.45) is 0 Å². The van der Waals surface area contributed by atoms with Gasteiger partial charge in [0.05, 0.1) is 12.1 Å². The third-order valence-corrected chi connectivity index (χ3v) is 4.58. The number of rotatable bonds is 5. The Balaban J connectivity index is -0.000000441. The van der Waals surface area contributed by atoms with Crippen molar-refractivity contribution in [3.05, 3.63) is 0 Å². The van der Waals surface area contributed by atoms with Crippen molar-refractivity contribution in [3.63, 3.8) is 0 Å². The molecule has 0 aromatic rings. The van der Waals surface area contributed by atoms with E-state index in [4.69, 9.17) is 41.9 Å². The molecule has 3 atom stereocenters. The molecular formula is C10H18KMgN2O11PS2. The summed E-state index contributed by atoms with van der Waals surface area (Å²) in [5, 5.41) is 14.8. The first kappa shape index (κ1) is 34.1. The summed E-state index contributed by atoms with van der Waals surface area (Å²) < 4.78 is 42.9. The van der Waals surface area contributed by atoms with Crippen molar-refractivity contribution in [3.8, 4) is 0 Å². The largest absolute Gasteiger partial charge is 2.00 e. The van der Waals surface area contributed by atoms with Gasteiger partial charge < -0.3 is 39.5 Å². The molecule has 0 aliphatic carbocycles. The number of urea groups is 1. The van der Waals surface area contributed by atoms with Gasteiger partial charge in [-0.25, -0.2) is 4.79 Å². The minimum Gasteiger partial charge on any atom is -0.759 e. The van der Waals surface area contributed by atoms with Gasteiger partial charge in [0, 0.05) is 27.8 Å². The van der Waals surface area contributed by atoms with Crippen LogP contribution in [0.5, 0.6) is 0 Å². The molecular weight excluding hydrogens is 483 g/mol. The molecule has 2 amide bonds. The van der Waals surface area contributed by atoms with Crippen molar-refractivity contribution < 1.29 is 103 Å². The number of carboxylic acid groups (broad SMARTS) is 1. The van der Waals surface area contributed by atoms with E-state index in [0.717, 1.165) is 25.0 Å². The number of thioether (sulfide) groups is 1. The molecule has 2 fully saturated rings. The Bertz CT molecular complexity index is 619. The SMILES string of the molecule is O=C(O)CCCC[C@@H]1SC[C@@H]2NC(=O)N[C@@H]21.O=P([O-])(O)O.O=S(=O)([O-])[O-].[K+].[Mg+2]. The standard InChI is InChI=1S/C10H16N2O3S.K.Mg.H3O4P.H2O4S/c13-8(14)4-2-1-3-7-9-6(5-16-7)11-10(15)12-9;;;2*1-5(2,3)4/h6-7,9H,1-5H2,(H,13,14)(H2,11,12,15);;;(H3,1,2,3,4);(H2,1,2,3,4)/q;+1;+2;;/p-3/t6-,7-,9-;;;;/m0..../s1. The minimum atomic E-state index is -5.17. The zero-order chi connectivity index (χ0) is 20.5. The Morgan fingerprint density at radius 2 is 1.71 bits per heavy atom. The summed E-state index contributed by atoms with van der Waals surface area (Å²) in [4.78, 5) is 44.4. The van der Waals surface area contributed by atoms with Crippen LogP contribution in [0.3, 0.4) is 0 Å².